The molecule has 1 aliphatic rings. The lowest BCUT2D eigenvalue weighted by Gasteiger charge is -2.27. The van der Waals surface area contributed by atoms with Crippen LogP contribution in [0.2, 0.25) is 0 Å². The smallest absolute Gasteiger partial charge is 0.233 e. The van der Waals surface area contributed by atoms with E-state index in [1.54, 1.807) is 11.8 Å². The highest BCUT2D eigenvalue weighted by Gasteiger charge is 2.15. The molecule has 0 aliphatic carbocycles. The maximum Gasteiger partial charge on any atom is 0.233 e. The minimum Gasteiger partial charge on any atom is -0.339 e. The molecule has 2 rings (SSSR count). The van der Waals surface area contributed by atoms with Crippen LogP contribution in [0.25, 0.3) is 0 Å². The second kappa shape index (κ2) is 6.42. The fourth-order valence-electron chi connectivity index (χ4n) is 1.71. The molecule has 17 heavy (non-hydrogen) atoms. The van der Waals surface area contributed by atoms with Crippen LogP contribution in [0.1, 0.15) is 0 Å². The highest BCUT2D eigenvalue weighted by molar-refractivity contribution is 9.10. The highest BCUT2D eigenvalue weighted by Crippen LogP contribution is 2.22. The van der Waals surface area contributed by atoms with E-state index in [0.717, 1.165) is 35.5 Å². The van der Waals surface area contributed by atoms with E-state index in [0.29, 0.717) is 5.75 Å². The zero-order valence-corrected chi connectivity index (χ0v) is 11.9. The van der Waals surface area contributed by atoms with Crippen molar-refractivity contribution >= 4 is 33.6 Å². The van der Waals surface area contributed by atoms with Crippen molar-refractivity contribution in [3.05, 3.63) is 28.7 Å². The number of carbonyl (C=O) groups excluding carboxylic acids is 1. The number of piperazine rings is 1. The van der Waals surface area contributed by atoms with Crippen LogP contribution < -0.4 is 5.32 Å². The van der Waals surface area contributed by atoms with Crippen LogP contribution in [0.15, 0.2) is 33.6 Å². The normalized spacial score (nSPS) is 15.9. The summed E-state index contributed by atoms with van der Waals surface area (Å²) in [7, 11) is 0. The van der Waals surface area contributed by atoms with Gasteiger partial charge in [0.15, 0.2) is 0 Å². The Bertz CT molecular complexity index is 394. The summed E-state index contributed by atoms with van der Waals surface area (Å²) in [4.78, 5) is 15.0. The second-order valence-electron chi connectivity index (χ2n) is 3.88. The minimum atomic E-state index is 0.233. The molecule has 0 radical (unpaired) electrons. The van der Waals surface area contributed by atoms with Crippen molar-refractivity contribution in [2.45, 2.75) is 4.90 Å². The molecule has 1 N–H and O–H groups in total. The summed E-state index contributed by atoms with van der Waals surface area (Å²) in [6.07, 6.45) is 0. The van der Waals surface area contributed by atoms with Crippen LogP contribution in [0, 0.1) is 0 Å². The zero-order chi connectivity index (χ0) is 12.1. The lowest BCUT2D eigenvalue weighted by atomic mass is 10.3. The first-order valence-electron chi connectivity index (χ1n) is 5.62. The number of halogens is 1. The molecule has 0 bridgehead atoms. The standard InChI is InChI=1S/C12H15BrN2OS/c13-10-2-1-3-11(8-10)17-9-12(16)15-6-4-14-5-7-15/h1-3,8,14H,4-7,9H2. The largest absolute Gasteiger partial charge is 0.339 e. The molecule has 5 heteroatoms. The van der Waals surface area contributed by atoms with Gasteiger partial charge in [0.2, 0.25) is 5.91 Å². The van der Waals surface area contributed by atoms with Crippen LogP contribution >= 0.6 is 27.7 Å². The lowest BCUT2D eigenvalue weighted by Crippen LogP contribution is -2.47. The van der Waals surface area contributed by atoms with Gasteiger partial charge in [-0.3, -0.25) is 4.79 Å². The quantitative estimate of drug-likeness (QED) is 0.866. The molecule has 3 nitrogen and oxygen atoms in total. The van der Waals surface area contributed by atoms with Crippen molar-refractivity contribution in [1.82, 2.24) is 10.2 Å². The van der Waals surface area contributed by atoms with Gasteiger partial charge in [-0.1, -0.05) is 22.0 Å². The Morgan fingerprint density at radius 2 is 2.18 bits per heavy atom. The molecular formula is C12H15BrN2OS. The number of hydrogen-bond donors (Lipinski definition) is 1. The van der Waals surface area contributed by atoms with Crippen molar-refractivity contribution in [2.24, 2.45) is 0 Å². The number of amides is 1. The van der Waals surface area contributed by atoms with Gasteiger partial charge in [0.1, 0.15) is 0 Å². The molecule has 1 aromatic carbocycles. The third-order valence-corrected chi connectivity index (χ3v) is 4.10. The van der Waals surface area contributed by atoms with Gasteiger partial charge in [0.05, 0.1) is 5.75 Å². The number of nitrogens with zero attached hydrogens (tertiary/aromatic N) is 1. The van der Waals surface area contributed by atoms with Crippen molar-refractivity contribution in [3.8, 4) is 0 Å². The first-order chi connectivity index (χ1) is 8.25. The maximum absolute atomic E-state index is 11.9. The molecule has 1 heterocycles. The summed E-state index contributed by atoms with van der Waals surface area (Å²) in [6, 6.07) is 8.04. The summed E-state index contributed by atoms with van der Waals surface area (Å²) in [6.45, 7) is 3.48. The topological polar surface area (TPSA) is 32.3 Å². The maximum atomic E-state index is 11.9. The van der Waals surface area contributed by atoms with Gasteiger partial charge in [-0.2, -0.15) is 0 Å². The first kappa shape index (κ1) is 12.9. The van der Waals surface area contributed by atoms with Gasteiger partial charge in [0, 0.05) is 35.5 Å². The minimum absolute atomic E-state index is 0.233. The Hall–Kier alpha value is -0.520. The van der Waals surface area contributed by atoms with Crippen molar-refractivity contribution < 1.29 is 4.79 Å². The molecule has 1 saturated heterocycles. The van der Waals surface area contributed by atoms with E-state index >= 15 is 0 Å². The summed E-state index contributed by atoms with van der Waals surface area (Å²) in [5.41, 5.74) is 0. The molecule has 0 saturated carbocycles. The number of rotatable bonds is 3. The zero-order valence-electron chi connectivity index (χ0n) is 9.49. The Morgan fingerprint density at radius 3 is 2.88 bits per heavy atom. The predicted octanol–water partition coefficient (Wildman–Crippen LogP) is 1.97. The summed E-state index contributed by atoms with van der Waals surface area (Å²) >= 11 is 5.02. The fourth-order valence-corrected chi connectivity index (χ4v) is 3.12. The van der Waals surface area contributed by atoms with E-state index in [1.165, 1.54) is 0 Å². The molecule has 1 amide bonds. The Morgan fingerprint density at radius 1 is 1.41 bits per heavy atom. The van der Waals surface area contributed by atoms with E-state index in [-0.39, 0.29) is 5.91 Å². The highest BCUT2D eigenvalue weighted by atomic mass is 79.9. The first-order valence-corrected chi connectivity index (χ1v) is 7.40. The molecular weight excluding hydrogens is 300 g/mol. The van der Waals surface area contributed by atoms with Crippen molar-refractivity contribution in [1.29, 1.82) is 0 Å². The SMILES string of the molecule is O=C(CSc1cccc(Br)c1)N1CCNCC1. The predicted molar refractivity (Wildman–Crippen MR) is 74.3 cm³/mol. The van der Waals surface area contributed by atoms with Gasteiger partial charge >= 0.3 is 0 Å². The molecule has 92 valence electrons. The Kier molecular flexibility index (Phi) is 4.88. The van der Waals surface area contributed by atoms with Crippen molar-refractivity contribution in [2.75, 3.05) is 31.9 Å². The van der Waals surface area contributed by atoms with Gasteiger partial charge in [-0.15, -0.1) is 11.8 Å². The number of benzene rings is 1. The second-order valence-corrected chi connectivity index (χ2v) is 5.84. The van der Waals surface area contributed by atoms with Gasteiger partial charge in [-0.25, -0.2) is 0 Å². The van der Waals surface area contributed by atoms with E-state index < -0.39 is 0 Å². The van der Waals surface area contributed by atoms with Gasteiger partial charge in [0.25, 0.3) is 0 Å². The summed E-state index contributed by atoms with van der Waals surface area (Å²) < 4.78 is 1.05. The van der Waals surface area contributed by atoms with Gasteiger partial charge < -0.3 is 10.2 Å². The molecule has 1 fully saturated rings. The number of hydrogen-bond acceptors (Lipinski definition) is 3. The third kappa shape index (κ3) is 4.01. The number of thioether (sulfide) groups is 1. The van der Waals surface area contributed by atoms with E-state index in [9.17, 15) is 4.79 Å². The molecule has 0 atom stereocenters. The summed E-state index contributed by atoms with van der Waals surface area (Å²) in [5.74, 6) is 0.757. The van der Waals surface area contributed by atoms with E-state index in [2.05, 4.69) is 21.2 Å². The fraction of sp³-hybridized carbons (Fsp3) is 0.417. The third-order valence-electron chi connectivity index (χ3n) is 2.63. The summed E-state index contributed by atoms with van der Waals surface area (Å²) in [5, 5.41) is 3.24. The number of nitrogens with one attached hydrogen (secondary N) is 1. The average molecular weight is 315 g/mol. The van der Waals surface area contributed by atoms with E-state index in [1.807, 2.05) is 29.2 Å². The van der Waals surface area contributed by atoms with E-state index in [4.69, 9.17) is 0 Å². The number of carbonyl (C=O) groups is 1. The molecule has 1 aromatic rings. The Balaban J connectivity index is 1.83. The van der Waals surface area contributed by atoms with Crippen LogP contribution in [0.5, 0.6) is 0 Å². The monoisotopic (exact) mass is 314 g/mol. The van der Waals surface area contributed by atoms with Crippen LogP contribution in [0.3, 0.4) is 0 Å². The Labute approximate surface area is 114 Å². The van der Waals surface area contributed by atoms with Crippen LogP contribution in [-0.2, 0) is 4.79 Å². The molecule has 0 spiro atoms. The van der Waals surface area contributed by atoms with Crippen LogP contribution in [0.4, 0.5) is 0 Å². The van der Waals surface area contributed by atoms with Crippen LogP contribution in [-0.4, -0.2) is 42.7 Å². The molecule has 0 aromatic heterocycles. The van der Waals surface area contributed by atoms with Crippen molar-refractivity contribution in [3.63, 3.8) is 0 Å². The van der Waals surface area contributed by atoms with Gasteiger partial charge in [-0.05, 0) is 18.2 Å². The average Bonchev–Trinajstić information content (AvgIpc) is 2.37. The molecule has 1 aliphatic heterocycles. The lowest BCUT2D eigenvalue weighted by molar-refractivity contribution is -0.128. The molecule has 0 unspecified atom stereocenters.